The summed E-state index contributed by atoms with van der Waals surface area (Å²) in [5.41, 5.74) is 2.17. The Hall–Kier alpha value is -4.37. The van der Waals surface area contributed by atoms with E-state index in [-0.39, 0.29) is 24.0 Å². The minimum Gasteiger partial charge on any atom is -0.493 e. The molecule has 9 nitrogen and oxygen atoms in total. The maximum atomic E-state index is 14.3. The summed E-state index contributed by atoms with van der Waals surface area (Å²) in [6.07, 6.45) is 5.86. The third kappa shape index (κ3) is 6.58. The summed E-state index contributed by atoms with van der Waals surface area (Å²) in [5.74, 6) is 0.749. The van der Waals surface area contributed by atoms with Gasteiger partial charge >= 0.3 is 6.09 Å². The zero-order valence-electron chi connectivity index (χ0n) is 25.3. The Kier molecular flexibility index (Phi) is 9.41. The number of carbonyl (C=O) groups excluding carboxylic acids is 2. The number of amides is 2. The van der Waals surface area contributed by atoms with Crippen LogP contribution in [0.15, 0.2) is 79.1 Å². The van der Waals surface area contributed by atoms with Crippen LogP contribution < -0.4 is 15.4 Å². The number of nitrogens with one attached hydrogen (secondary N) is 2. The Labute approximate surface area is 258 Å². The molecule has 44 heavy (non-hydrogen) atoms. The molecule has 6 rings (SSSR count). The highest BCUT2D eigenvalue weighted by Crippen LogP contribution is 2.35. The van der Waals surface area contributed by atoms with E-state index in [0.717, 1.165) is 54.6 Å². The Balaban J connectivity index is 1.23. The molecule has 9 heteroatoms. The molecule has 1 saturated carbocycles. The zero-order chi connectivity index (χ0) is 30.3. The highest BCUT2D eigenvalue weighted by atomic mass is 16.5. The Morgan fingerprint density at radius 1 is 1.00 bits per heavy atom. The Bertz CT molecular complexity index is 1570. The first-order valence-electron chi connectivity index (χ1n) is 15.8. The van der Waals surface area contributed by atoms with E-state index in [2.05, 4.69) is 39.5 Å². The molecule has 1 aliphatic heterocycles. The molecule has 0 bridgehead atoms. The molecule has 1 aromatic heterocycles. The lowest BCUT2D eigenvalue weighted by Crippen LogP contribution is -2.54. The highest BCUT2D eigenvalue weighted by molar-refractivity contribution is 5.98. The van der Waals surface area contributed by atoms with Gasteiger partial charge in [-0.3, -0.25) is 4.79 Å². The van der Waals surface area contributed by atoms with E-state index in [0.29, 0.717) is 38.4 Å². The third-order valence-electron chi connectivity index (χ3n) is 8.76. The summed E-state index contributed by atoms with van der Waals surface area (Å²) < 4.78 is 13.5. The van der Waals surface area contributed by atoms with E-state index in [1.807, 2.05) is 53.4 Å². The fourth-order valence-corrected chi connectivity index (χ4v) is 6.58. The largest absolute Gasteiger partial charge is 0.493 e. The molecule has 3 aromatic carbocycles. The smallest absolute Gasteiger partial charge is 0.407 e. The molecule has 4 aromatic rings. The maximum absolute atomic E-state index is 14.3. The van der Waals surface area contributed by atoms with Crippen LogP contribution in [-0.4, -0.2) is 71.4 Å². The molecule has 2 N–H and O–H groups in total. The van der Waals surface area contributed by atoms with Crippen molar-refractivity contribution in [1.82, 2.24) is 25.1 Å². The first kappa shape index (κ1) is 29.7. The van der Waals surface area contributed by atoms with Gasteiger partial charge in [0.1, 0.15) is 5.75 Å². The fraction of sp³-hybridized carbons (Fsp3) is 0.400. The van der Waals surface area contributed by atoms with Crippen LogP contribution >= 0.6 is 0 Å². The fourth-order valence-electron chi connectivity index (χ4n) is 6.58. The summed E-state index contributed by atoms with van der Waals surface area (Å²) in [6.45, 7) is 4.64. The number of nitrogens with zero attached hydrogens (tertiary/aromatic N) is 3. The van der Waals surface area contributed by atoms with Crippen molar-refractivity contribution in [3.63, 3.8) is 0 Å². The molecule has 1 saturated heterocycles. The average molecular weight is 596 g/mol. The van der Waals surface area contributed by atoms with Crippen LogP contribution in [0.4, 0.5) is 4.79 Å². The van der Waals surface area contributed by atoms with Crippen LogP contribution in [0.1, 0.15) is 55.6 Å². The third-order valence-corrected chi connectivity index (χ3v) is 8.76. The zero-order valence-corrected chi connectivity index (χ0v) is 25.3. The molecule has 2 heterocycles. The monoisotopic (exact) mass is 595 g/mol. The molecular formula is C35H41N5O4. The van der Waals surface area contributed by atoms with Gasteiger partial charge in [0.25, 0.3) is 5.91 Å². The van der Waals surface area contributed by atoms with Crippen molar-refractivity contribution in [3.8, 4) is 17.0 Å². The van der Waals surface area contributed by atoms with E-state index in [1.54, 1.807) is 13.3 Å². The van der Waals surface area contributed by atoms with Crippen molar-refractivity contribution >= 4 is 22.8 Å². The topological polar surface area (TPSA) is 97.7 Å². The van der Waals surface area contributed by atoms with Gasteiger partial charge in [-0.05, 0) is 42.7 Å². The lowest BCUT2D eigenvalue weighted by Gasteiger charge is -2.36. The summed E-state index contributed by atoms with van der Waals surface area (Å²) in [4.78, 5) is 33.4. The van der Waals surface area contributed by atoms with Gasteiger partial charge in [0, 0.05) is 37.7 Å². The van der Waals surface area contributed by atoms with Crippen molar-refractivity contribution in [2.45, 2.75) is 57.2 Å². The van der Waals surface area contributed by atoms with Gasteiger partial charge in [0.2, 0.25) is 0 Å². The van der Waals surface area contributed by atoms with Crippen molar-refractivity contribution in [2.24, 2.45) is 0 Å². The number of piperazine rings is 1. The SMILES string of the molecule is CCOC(=O)N[C@H]1CCCC[C@@H]1n1cnc(C(=O)N2CCNC[C@H]2CCOc2ccc3ccccc3c2)c1-c1ccccc1. The number of carbonyl (C=O) groups is 2. The molecular weight excluding hydrogens is 554 g/mol. The maximum Gasteiger partial charge on any atom is 0.407 e. The Morgan fingerprint density at radius 2 is 1.80 bits per heavy atom. The number of imidazole rings is 1. The number of hydrogen-bond acceptors (Lipinski definition) is 6. The molecule has 0 radical (unpaired) electrons. The van der Waals surface area contributed by atoms with Crippen LogP contribution in [0.25, 0.3) is 22.0 Å². The summed E-state index contributed by atoms with van der Waals surface area (Å²) in [7, 11) is 0. The van der Waals surface area contributed by atoms with E-state index in [1.165, 1.54) is 5.39 Å². The predicted molar refractivity (Wildman–Crippen MR) is 171 cm³/mol. The number of fused-ring (bicyclic) bond motifs is 1. The average Bonchev–Trinajstić information content (AvgIpc) is 3.50. The summed E-state index contributed by atoms with van der Waals surface area (Å²) in [5, 5.41) is 8.85. The number of alkyl carbamates (subject to hydrolysis) is 1. The molecule has 2 aliphatic rings. The molecule has 0 spiro atoms. The lowest BCUT2D eigenvalue weighted by atomic mass is 9.89. The van der Waals surface area contributed by atoms with Gasteiger partial charge in [0.15, 0.2) is 5.69 Å². The van der Waals surface area contributed by atoms with Crippen LogP contribution in [0.5, 0.6) is 5.75 Å². The van der Waals surface area contributed by atoms with Gasteiger partial charge < -0.3 is 29.6 Å². The van der Waals surface area contributed by atoms with Gasteiger partial charge in [-0.15, -0.1) is 0 Å². The van der Waals surface area contributed by atoms with E-state index >= 15 is 0 Å². The number of hydrogen-bond donors (Lipinski definition) is 2. The predicted octanol–water partition coefficient (Wildman–Crippen LogP) is 5.82. The lowest BCUT2D eigenvalue weighted by molar-refractivity contribution is 0.0601. The first-order chi connectivity index (χ1) is 21.6. The minimum absolute atomic E-state index is 0.0293. The number of benzene rings is 3. The summed E-state index contributed by atoms with van der Waals surface area (Å²) in [6, 6.07) is 24.2. The van der Waals surface area contributed by atoms with Gasteiger partial charge in [-0.25, -0.2) is 9.78 Å². The van der Waals surface area contributed by atoms with Crippen molar-refractivity contribution in [2.75, 3.05) is 32.8 Å². The van der Waals surface area contributed by atoms with Crippen LogP contribution in [0.2, 0.25) is 0 Å². The van der Waals surface area contributed by atoms with Gasteiger partial charge in [-0.2, -0.15) is 0 Å². The Morgan fingerprint density at radius 3 is 2.64 bits per heavy atom. The molecule has 2 amide bonds. The van der Waals surface area contributed by atoms with Crippen molar-refractivity contribution in [1.29, 1.82) is 0 Å². The number of ether oxygens (including phenoxy) is 2. The number of aromatic nitrogens is 2. The van der Waals surface area contributed by atoms with E-state index in [9.17, 15) is 9.59 Å². The van der Waals surface area contributed by atoms with E-state index < -0.39 is 6.09 Å². The van der Waals surface area contributed by atoms with Gasteiger partial charge in [-0.1, -0.05) is 73.5 Å². The van der Waals surface area contributed by atoms with Crippen LogP contribution in [-0.2, 0) is 4.74 Å². The first-order valence-corrected chi connectivity index (χ1v) is 15.8. The summed E-state index contributed by atoms with van der Waals surface area (Å²) >= 11 is 0. The van der Waals surface area contributed by atoms with Crippen LogP contribution in [0, 0.1) is 0 Å². The quantitative estimate of drug-likeness (QED) is 0.253. The highest BCUT2D eigenvalue weighted by Gasteiger charge is 2.35. The number of rotatable bonds is 9. The second-order valence-electron chi connectivity index (χ2n) is 11.5. The van der Waals surface area contributed by atoms with E-state index in [4.69, 9.17) is 14.5 Å². The van der Waals surface area contributed by atoms with Crippen molar-refractivity contribution < 1.29 is 19.1 Å². The van der Waals surface area contributed by atoms with Crippen molar-refractivity contribution in [3.05, 3.63) is 84.8 Å². The van der Waals surface area contributed by atoms with Gasteiger partial charge in [0.05, 0.1) is 37.3 Å². The van der Waals surface area contributed by atoms with Crippen LogP contribution in [0.3, 0.4) is 0 Å². The normalized spacial score (nSPS) is 20.3. The molecule has 1 aliphatic carbocycles. The molecule has 2 fully saturated rings. The molecule has 230 valence electrons. The second-order valence-corrected chi connectivity index (χ2v) is 11.5. The second kappa shape index (κ2) is 13.9. The standard InChI is InChI=1S/C35H41N5O4/c1-2-43-35(42)38-30-14-8-9-15-31(30)40-24-37-32(33(40)26-11-4-3-5-12-26)34(41)39-20-19-36-23-28(39)18-21-44-29-17-16-25-10-6-7-13-27(25)22-29/h3-7,10-13,16-17,22,24,28,30-31,36H,2,8-9,14-15,18-21,23H2,1H3,(H,38,42)/t28-,30+,31+/m1/s1. The molecule has 0 unspecified atom stereocenters. The minimum atomic E-state index is -0.406. The molecule has 3 atom stereocenters.